The summed E-state index contributed by atoms with van der Waals surface area (Å²) < 4.78 is 39.6. The molecule has 0 saturated heterocycles. The SMILES string of the molecule is CN(C(=O)CN(C)S(=O)(=O)c1ccc(C#N)cc1)C(C(N)=O)c1cccc(F)c1. The van der Waals surface area contributed by atoms with Crippen LogP contribution in [0.4, 0.5) is 4.39 Å². The van der Waals surface area contributed by atoms with Gasteiger partial charge in [-0.3, -0.25) is 9.59 Å². The van der Waals surface area contributed by atoms with Crippen molar-refractivity contribution in [3.8, 4) is 6.07 Å². The molecular formula is C19H19FN4O4S. The molecule has 2 aromatic rings. The lowest BCUT2D eigenvalue weighted by Gasteiger charge is -2.28. The van der Waals surface area contributed by atoms with Crippen molar-refractivity contribution >= 4 is 21.8 Å². The topological polar surface area (TPSA) is 125 Å². The zero-order valence-electron chi connectivity index (χ0n) is 15.7. The van der Waals surface area contributed by atoms with Crippen LogP contribution in [0.15, 0.2) is 53.4 Å². The number of nitrogens with two attached hydrogens (primary N) is 1. The van der Waals surface area contributed by atoms with E-state index in [1.165, 1.54) is 56.6 Å². The zero-order valence-corrected chi connectivity index (χ0v) is 16.6. The molecule has 8 nitrogen and oxygen atoms in total. The number of halogens is 1. The zero-order chi connectivity index (χ0) is 21.8. The summed E-state index contributed by atoms with van der Waals surface area (Å²) in [5.74, 6) is -2.20. The first-order chi connectivity index (χ1) is 13.6. The number of rotatable bonds is 7. The molecule has 0 radical (unpaired) electrons. The van der Waals surface area contributed by atoms with Crippen LogP contribution in [0.1, 0.15) is 17.2 Å². The Morgan fingerprint density at radius 2 is 1.79 bits per heavy atom. The van der Waals surface area contributed by atoms with Crippen LogP contribution >= 0.6 is 0 Å². The molecule has 0 aromatic heterocycles. The van der Waals surface area contributed by atoms with Crippen molar-refractivity contribution in [2.24, 2.45) is 5.73 Å². The Kier molecular flexibility index (Phi) is 6.68. The largest absolute Gasteiger partial charge is 0.368 e. The third-order valence-electron chi connectivity index (χ3n) is 4.26. The van der Waals surface area contributed by atoms with Gasteiger partial charge in [-0.1, -0.05) is 12.1 Å². The second-order valence-electron chi connectivity index (χ2n) is 6.26. The van der Waals surface area contributed by atoms with Crippen LogP contribution in [0.25, 0.3) is 0 Å². The molecule has 1 unspecified atom stereocenters. The number of amides is 2. The molecule has 29 heavy (non-hydrogen) atoms. The monoisotopic (exact) mass is 418 g/mol. The fourth-order valence-electron chi connectivity index (χ4n) is 2.67. The average molecular weight is 418 g/mol. The van der Waals surface area contributed by atoms with Crippen LogP contribution in [-0.4, -0.2) is 50.1 Å². The van der Waals surface area contributed by atoms with E-state index in [0.29, 0.717) is 5.56 Å². The van der Waals surface area contributed by atoms with Crippen LogP contribution in [0.5, 0.6) is 0 Å². The van der Waals surface area contributed by atoms with Gasteiger partial charge in [0.05, 0.1) is 23.1 Å². The molecule has 0 saturated carbocycles. The van der Waals surface area contributed by atoms with E-state index in [1.54, 1.807) is 0 Å². The van der Waals surface area contributed by atoms with Gasteiger partial charge in [0.1, 0.15) is 11.9 Å². The van der Waals surface area contributed by atoms with E-state index in [0.717, 1.165) is 15.3 Å². The molecule has 152 valence electrons. The highest BCUT2D eigenvalue weighted by atomic mass is 32.2. The normalized spacial score (nSPS) is 12.2. The van der Waals surface area contributed by atoms with Crippen molar-refractivity contribution in [1.82, 2.24) is 9.21 Å². The van der Waals surface area contributed by atoms with Gasteiger partial charge in [0, 0.05) is 14.1 Å². The summed E-state index contributed by atoms with van der Waals surface area (Å²) in [5, 5.41) is 8.81. The summed E-state index contributed by atoms with van der Waals surface area (Å²) in [6.07, 6.45) is 0. The highest BCUT2D eigenvalue weighted by Crippen LogP contribution is 2.21. The summed E-state index contributed by atoms with van der Waals surface area (Å²) in [7, 11) is -1.52. The lowest BCUT2D eigenvalue weighted by atomic mass is 10.0. The number of benzene rings is 2. The van der Waals surface area contributed by atoms with Crippen LogP contribution in [0.3, 0.4) is 0 Å². The molecule has 0 aliphatic rings. The maximum absolute atomic E-state index is 13.5. The Labute approximate surface area is 168 Å². The van der Waals surface area contributed by atoms with Crippen LogP contribution in [-0.2, 0) is 19.6 Å². The molecular weight excluding hydrogens is 399 g/mol. The molecule has 0 aliphatic heterocycles. The summed E-state index contributed by atoms with van der Waals surface area (Å²) >= 11 is 0. The van der Waals surface area contributed by atoms with E-state index >= 15 is 0 Å². The summed E-state index contributed by atoms with van der Waals surface area (Å²) in [5.41, 5.74) is 5.84. The number of hydrogen-bond donors (Lipinski definition) is 1. The van der Waals surface area contributed by atoms with E-state index < -0.39 is 40.2 Å². The van der Waals surface area contributed by atoms with Crippen molar-refractivity contribution in [3.63, 3.8) is 0 Å². The average Bonchev–Trinajstić information content (AvgIpc) is 2.67. The Hall–Kier alpha value is -3.29. The third kappa shape index (κ3) is 4.96. The number of carbonyl (C=O) groups excluding carboxylic acids is 2. The standard InChI is InChI=1S/C19H19FN4O4S/c1-23(29(27,28)16-8-6-13(11-21)7-9-16)12-17(25)24(2)18(19(22)26)14-4-3-5-15(20)10-14/h3-10,18H,12H2,1-2H3,(H2,22,26). The van der Waals surface area contributed by atoms with Gasteiger partial charge < -0.3 is 10.6 Å². The highest BCUT2D eigenvalue weighted by molar-refractivity contribution is 7.89. The molecule has 2 amide bonds. The third-order valence-corrected chi connectivity index (χ3v) is 6.08. The van der Waals surface area contributed by atoms with Gasteiger partial charge >= 0.3 is 0 Å². The lowest BCUT2D eigenvalue weighted by molar-refractivity contribution is -0.138. The molecule has 10 heteroatoms. The molecule has 2 N–H and O–H groups in total. The summed E-state index contributed by atoms with van der Waals surface area (Å²) in [4.78, 5) is 25.4. The van der Waals surface area contributed by atoms with E-state index in [9.17, 15) is 22.4 Å². The number of primary amides is 1. The first kappa shape index (κ1) is 22.0. The van der Waals surface area contributed by atoms with Crippen LogP contribution < -0.4 is 5.73 Å². The predicted octanol–water partition coefficient (Wildman–Crippen LogP) is 1.00. The molecule has 0 spiro atoms. The van der Waals surface area contributed by atoms with Gasteiger partial charge in [-0.2, -0.15) is 9.57 Å². The Balaban J connectivity index is 2.22. The van der Waals surface area contributed by atoms with Gasteiger partial charge in [-0.15, -0.1) is 0 Å². The van der Waals surface area contributed by atoms with Crippen molar-refractivity contribution < 1.29 is 22.4 Å². The van der Waals surface area contributed by atoms with Crippen molar-refractivity contribution in [3.05, 3.63) is 65.5 Å². The van der Waals surface area contributed by atoms with Gasteiger partial charge in [-0.25, -0.2) is 12.8 Å². The predicted molar refractivity (Wildman–Crippen MR) is 102 cm³/mol. The van der Waals surface area contributed by atoms with Gasteiger partial charge in [0.25, 0.3) is 0 Å². The summed E-state index contributed by atoms with van der Waals surface area (Å²) in [6, 6.07) is 10.9. The number of likely N-dealkylation sites (N-methyl/N-ethyl adjacent to an activating group) is 2. The summed E-state index contributed by atoms with van der Waals surface area (Å²) in [6.45, 7) is -0.571. The van der Waals surface area contributed by atoms with Crippen molar-refractivity contribution in [2.45, 2.75) is 10.9 Å². The minimum Gasteiger partial charge on any atom is -0.368 e. The van der Waals surface area contributed by atoms with E-state index in [-0.39, 0.29) is 10.5 Å². The van der Waals surface area contributed by atoms with E-state index in [4.69, 9.17) is 11.0 Å². The fourth-order valence-corrected chi connectivity index (χ4v) is 3.79. The van der Waals surface area contributed by atoms with Crippen LogP contribution in [0, 0.1) is 17.1 Å². The van der Waals surface area contributed by atoms with Crippen molar-refractivity contribution in [1.29, 1.82) is 5.26 Å². The fraction of sp³-hybridized carbons (Fsp3) is 0.211. The smallest absolute Gasteiger partial charge is 0.244 e. The molecule has 1 atom stereocenters. The van der Waals surface area contributed by atoms with E-state index in [1.807, 2.05) is 6.07 Å². The Bertz CT molecular complexity index is 1060. The molecule has 0 bridgehead atoms. The van der Waals surface area contributed by atoms with Crippen molar-refractivity contribution in [2.75, 3.05) is 20.6 Å². The van der Waals surface area contributed by atoms with E-state index in [2.05, 4.69) is 0 Å². The number of nitriles is 1. The first-order valence-corrected chi connectivity index (χ1v) is 9.79. The second-order valence-corrected chi connectivity index (χ2v) is 8.31. The van der Waals surface area contributed by atoms with Crippen LogP contribution in [0.2, 0.25) is 0 Å². The number of hydrogen-bond acceptors (Lipinski definition) is 5. The quantitative estimate of drug-likeness (QED) is 0.718. The minimum absolute atomic E-state index is 0.0916. The Morgan fingerprint density at radius 3 is 2.31 bits per heavy atom. The van der Waals surface area contributed by atoms with Gasteiger partial charge in [0.15, 0.2) is 0 Å². The first-order valence-electron chi connectivity index (χ1n) is 8.35. The molecule has 2 aromatic carbocycles. The molecule has 0 fully saturated rings. The second kappa shape index (κ2) is 8.81. The molecule has 2 rings (SSSR count). The number of carbonyl (C=O) groups is 2. The molecule has 0 heterocycles. The highest BCUT2D eigenvalue weighted by Gasteiger charge is 2.30. The lowest BCUT2D eigenvalue weighted by Crippen LogP contribution is -2.44. The number of sulfonamides is 1. The maximum Gasteiger partial charge on any atom is 0.244 e. The molecule has 0 aliphatic carbocycles. The van der Waals surface area contributed by atoms with Gasteiger partial charge in [-0.05, 0) is 42.0 Å². The number of nitrogens with zero attached hydrogens (tertiary/aromatic N) is 3. The minimum atomic E-state index is -4.01. The van der Waals surface area contributed by atoms with Gasteiger partial charge in [0.2, 0.25) is 21.8 Å². The maximum atomic E-state index is 13.5. The Morgan fingerprint density at radius 1 is 1.17 bits per heavy atom.